The zero-order chi connectivity index (χ0) is 11.3. The number of nitrogens with one attached hydrogen (secondary N) is 1. The second kappa shape index (κ2) is 3.40. The zero-order valence-corrected chi connectivity index (χ0v) is 10.5. The van der Waals surface area contributed by atoms with Gasteiger partial charge in [0.15, 0.2) is 4.77 Å². The standard InChI is InChI=1S/C11H17N3OS/c1-7-11(2,5-6-15-7)14-9(8-3-4-8)12-13-10(14)16/h7-8H,3-6H2,1-2H3,(H,13,16). The normalized spacial score (nSPS) is 34.5. The molecule has 4 nitrogen and oxygen atoms in total. The molecule has 2 atom stereocenters. The van der Waals surface area contributed by atoms with Crippen LogP contribution in [-0.2, 0) is 10.3 Å². The van der Waals surface area contributed by atoms with Crippen LogP contribution in [0.2, 0.25) is 0 Å². The molecule has 1 saturated carbocycles. The molecule has 1 aromatic heterocycles. The Balaban J connectivity index is 2.10. The van der Waals surface area contributed by atoms with E-state index in [0.717, 1.165) is 23.6 Å². The van der Waals surface area contributed by atoms with Crippen molar-refractivity contribution in [3.8, 4) is 0 Å². The van der Waals surface area contributed by atoms with E-state index in [-0.39, 0.29) is 11.6 Å². The summed E-state index contributed by atoms with van der Waals surface area (Å²) < 4.78 is 8.64. The maximum Gasteiger partial charge on any atom is 0.195 e. The summed E-state index contributed by atoms with van der Waals surface area (Å²) in [5, 5.41) is 7.33. The molecule has 1 N–H and O–H groups in total. The van der Waals surface area contributed by atoms with Gasteiger partial charge < -0.3 is 4.74 Å². The van der Waals surface area contributed by atoms with Gasteiger partial charge in [-0.3, -0.25) is 9.67 Å². The molecular weight excluding hydrogens is 222 g/mol. The molecule has 0 spiro atoms. The average Bonchev–Trinajstić information content (AvgIpc) is 2.94. The second-order valence-electron chi connectivity index (χ2n) is 5.12. The predicted octanol–water partition coefficient (Wildman–Crippen LogP) is 2.34. The fourth-order valence-electron chi connectivity index (χ4n) is 2.54. The summed E-state index contributed by atoms with van der Waals surface area (Å²) in [6.45, 7) is 5.16. The third-order valence-corrected chi connectivity index (χ3v) is 4.28. The molecular formula is C11H17N3OS. The van der Waals surface area contributed by atoms with Crippen molar-refractivity contribution >= 4 is 12.2 Å². The molecule has 5 heteroatoms. The number of rotatable bonds is 2. The van der Waals surface area contributed by atoms with Crippen LogP contribution in [0.5, 0.6) is 0 Å². The molecule has 0 aromatic carbocycles. The van der Waals surface area contributed by atoms with Crippen LogP contribution < -0.4 is 0 Å². The van der Waals surface area contributed by atoms with Crippen molar-refractivity contribution in [1.29, 1.82) is 0 Å². The maximum atomic E-state index is 5.69. The van der Waals surface area contributed by atoms with Crippen molar-refractivity contribution in [2.75, 3.05) is 6.61 Å². The summed E-state index contributed by atoms with van der Waals surface area (Å²) in [6, 6.07) is 0. The van der Waals surface area contributed by atoms with Crippen molar-refractivity contribution < 1.29 is 4.74 Å². The molecule has 1 aromatic rings. The van der Waals surface area contributed by atoms with Crippen LogP contribution in [-0.4, -0.2) is 27.5 Å². The Morgan fingerprint density at radius 2 is 2.31 bits per heavy atom. The minimum atomic E-state index is -0.0258. The molecule has 2 fully saturated rings. The predicted molar refractivity (Wildman–Crippen MR) is 63.1 cm³/mol. The second-order valence-corrected chi connectivity index (χ2v) is 5.50. The topological polar surface area (TPSA) is 42.8 Å². The smallest absolute Gasteiger partial charge is 0.195 e. The van der Waals surface area contributed by atoms with Gasteiger partial charge in [-0.2, -0.15) is 5.10 Å². The molecule has 1 aliphatic heterocycles. The van der Waals surface area contributed by atoms with E-state index in [4.69, 9.17) is 17.0 Å². The molecule has 16 heavy (non-hydrogen) atoms. The highest BCUT2D eigenvalue weighted by Gasteiger charge is 2.43. The largest absolute Gasteiger partial charge is 0.376 e. The molecule has 1 aliphatic carbocycles. The summed E-state index contributed by atoms with van der Waals surface area (Å²) in [6.07, 6.45) is 3.70. The third-order valence-electron chi connectivity index (χ3n) is 4.00. The number of nitrogens with zero attached hydrogens (tertiary/aromatic N) is 2. The van der Waals surface area contributed by atoms with Crippen molar-refractivity contribution in [1.82, 2.24) is 14.8 Å². The highest BCUT2D eigenvalue weighted by atomic mass is 32.1. The fourth-order valence-corrected chi connectivity index (χ4v) is 2.88. The van der Waals surface area contributed by atoms with E-state index in [9.17, 15) is 0 Å². The maximum absolute atomic E-state index is 5.69. The van der Waals surface area contributed by atoms with Crippen molar-refractivity contribution in [2.45, 2.75) is 50.7 Å². The Hall–Kier alpha value is -0.680. The number of H-pyrrole nitrogens is 1. The molecule has 3 rings (SSSR count). The van der Waals surface area contributed by atoms with E-state index >= 15 is 0 Å². The molecule has 2 aliphatic rings. The van der Waals surface area contributed by atoms with E-state index in [1.807, 2.05) is 0 Å². The Bertz CT molecular complexity index is 462. The zero-order valence-electron chi connectivity index (χ0n) is 9.69. The van der Waals surface area contributed by atoms with Crippen LogP contribution in [0.25, 0.3) is 0 Å². The summed E-state index contributed by atoms with van der Waals surface area (Å²) in [5.41, 5.74) is -0.0258. The minimum Gasteiger partial charge on any atom is -0.376 e. The van der Waals surface area contributed by atoms with Crippen molar-refractivity contribution in [3.05, 3.63) is 10.6 Å². The van der Waals surface area contributed by atoms with Gasteiger partial charge in [-0.1, -0.05) is 0 Å². The van der Waals surface area contributed by atoms with Gasteiger partial charge in [-0.25, -0.2) is 0 Å². The highest BCUT2D eigenvalue weighted by Crippen LogP contribution is 2.43. The SMILES string of the molecule is CC1OCCC1(C)n1c(C2CC2)n[nH]c1=S. The van der Waals surface area contributed by atoms with E-state index < -0.39 is 0 Å². The quantitative estimate of drug-likeness (QED) is 0.806. The number of hydrogen-bond donors (Lipinski definition) is 1. The first-order valence-electron chi connectivity index (χ1n) is 5.92. The van der Waals surface area contributed by atoms with Crippen molar-refractivity contribution in [3.63, 3.8) is 0 Å². The summed E-state index contributed by atoms with van der Waals surface area (Å²) in [5.74, 6) is 1.74. The van der Waals surface area contributed by atoms with E-state index in [0.29, 0.717) is 5.92 Å². The lowest BCUT2D eigenvalue weighted by Gasteiger charge is -2.30. The van der Waals surface area contributed by atoms with E-state index in [2.05, 4.69) is 28.6 Å². The van der Waals surface area contributed by atoms with Gasteiger partial charge in [0.05, 0.1) is 11.6 Å². The monoisotopic (exact) mass is 239 g/mol. The van der Waals surface area contributed by atoms with Crippen LogP contribution >= 0.6 is 12.2 Å². The third kappa shape index (κ3) is 1.38. The van der Waals surface area contributed by atoms with Gasteiger partial charge in [0.25, 0.3) is 0 Å². The summed E-state index contributed by atoms with van der Waals surface area (Å²) >= 11 is 5.37. The fraction of sp³-hybridized carbons (Fsp3) is 0.818. The number of ether oxygens (including phenoxy) is 1. The number of hydrogen-bond acceptors (Lipinski definition) is 3. The highest BCUT2D eigenvalue weighted by molar-refractivity contribution is 7.71. The number of aromatic nitrogens is 3. The molecule has 88 valence electrons. The first kappa shape index (κ1) is 10.5. The van der Waals surface area contributed by atoms with Gasteiger partial charge in [-0.15, -0.1) is 0 Å². The molecule has 2 heterocycles. The van der Waals surface area contributed by atoms with Crippen LogP contribution in [0.4, 0.5) is 0 Å². The molecule has 0 radical (unpaired) electrons. The Morgan fingerprint density at radius 1 is 1.56 bits per heavy atom. The minimum absolute atomic E-state index is 0.0258. The lowest BCUT2D eigenvalue weighted by atomic mass is 9.94. The van der Waals surface area contributed by atoms with Crippen molar-refractivity contribution in [2.24, 2.45) is 0 Å². The molecule has 0 bridgehead atoms. The van der Waals surface area contributed by atoms with Gasteiger partial charge in [0.1, 0.15) is 5.82 Å². The van der Waals surface area contributed by atoms with Gasteiger partial charge >= 0.3 is 0 Å². The lowest BCUT2D eigenvalue weighted by molar-refractivity contribution is 0.0741. The Kier molecular flexibility index (Phi) is 2.23. The average molecular weight is 239 g/mol. The number of aromatic amines is 1. The Morgan fingerprint density at radius 3 is 2.88 bits per heavy atom. The first-order valence-corrected chi connectivity index (χ1v) is 6.33. The molecule has 2 unspecified atom stereocenters. The lowest BCUT2D eigenvalue weighted by Crippen LogP contribution is -2.38. The molecule has 0 amide bonds. The Labute approximate surface area is 100 Å². The van der Waals surface area contributed by atoms with Crippen LogP contribution in [0, 0.1) is 4.77 Å². The van der Waals surface area contributed by atoms with E-state index in [1.54, 1.807) is 0 Å². The van der Waals surface area contributed by atoms with Crippen LogP contribution in [0.1, 0.15) is 44.9 Å². The van der Waals surface area contributed by atoms with E-state index in [1.165, 1.54) is 12.8 Å². The summed E-state index contributed by atoms with van der Waals surface area (Å²) in [4.78, 5) is 0. The molecule has 1 saturated heterocycles. The van der Waals surface area contributed by atoms with Crippen LogP contribution in [0.15, 0.2) is 0 Å². The van der Waals surface area contributed by atoms with Gasteiger partial charge in [-0.05, 0) is 45.3 Å². The van der Waals surface area contributed by atoms with Gasteiger partial charge in [0, 0.05) is 12.5 Å². The summed E-state index contributed by atoms with van der Waals surface area (Å²) in [7, 11) is 0. The van der Waals surface area contributed by atoms with Crippen LogP contribution in [0.3, 0.4) is 0 Å². The first-order chi connectivity index (χ1) is 7.63. The van der Waals surface area contributed by atoms with Gasteiger partial charge in [0.2, 0.25) is 0 Å².